The zero-order chi connectivity index (χ0) is 19.4. The minimum atomic E-state index is -0.967. The number of carbonyl (C=O) groups is 3. The van der Waals surface area contributed by atoms with E-state index < -0.39 is 12.0 Å². The van der Waals surface area contributed by atoms with Crippen LogP contribution in [0.4, 0.5) is 0 Å². The predicted molar refractivity (Wildman–Crippen MR) is 96.7 cm³/mol. The number of hydrogen-bond donors (Lipinski definition) is 2. The molecule has 1 spiro atoms. The number of piperidine rings is 2. The van der Waals surface area contributed by atoms with Gasteiger partial charge in [0.2, 0.25) is 11.8 Å². The Morgan fingerprint density at radius 3 is 2.70 bits per heavy atom. The topological polar surface area (TPSA) is 103 Å². The summed E-state index contributed by atoms with van der Waals surface area (Å²) in [6.07, 6.45) is 4.52. The Morgan fingerprint density at radius 1 is 1.33 bits per heavy atom. The van der Waals surface area contributed by atoms with E-state index in [1.54, 1.807) is 19.3 Å². The van der Waals surface area contributed by atoms with Crippen molar-refractivity contribution in [3.05, 3.63) is 24.2 Å². The van der Waals surface area contributed by atoms with Crippen LogP contribution >= 0.6 is 0 Å². The monoisotopic (exact) mass is 377 g/mol. The molecule has 1 atom stereocenters. The van der Waals surface area contributed by atoms with Gasteiger partial charge in [0.25, 0.3) is 0 Å². The van der Waals surface area contributed by atoms with Gasteiger partial charge in [-0.3, -0.25) is 14.5 Å². The fourth-order valence-electron chi connectivity index (χ4n) is 3.98. The average molecular weight is 377 g/mol. The molecular weight excluding hydrogens is 350 g/mol. The van der Waals surface area contributed by atoms with Crippen LogP contribution < -0.4 is 5.32 Å². The third kappa shape index (κ3) is 4.68. The van der Waals surface area contributed by atoms with Gasteiger partial charge in [-0.15, -0.1) is 0 Å². The molecule has 2 N–H and O–H groups in total. The van der Waals surface area contributed by atoms with Crippen LogP contribution in [0.5, 0.6) is 0 Å². The summed E-state index contributed by atoms with van der Waals surface area (Å²) in [5.41, 5.74) is -0.0290. The van der Waals surface area contributed by atoms with E-state index in [1.807, 2.05) is 6.07 Å². The molecule has 148 valence electrons. The number of furan rings is 1. The average Bonchev–Trinajstić information content (AvgIpc) is 3.17. The first-order valence-electron chi connectivity index (χ1n) is 9.42. The van der Waals surface area contributed by atoms with Gasteiger partial charge in [-0.2, -0.15) is 0 Å². The Hall–Kier alpha value is -2.35. The maximum atomic E-state index is 12.1. The van der Waals surface area contributed by atoms with Crippen LogP contribution in [0.3, 0.4) is 0 Å². The van der Waals surface area contributed by atoms with Gasteiger partial charge < -0.3 is 19.7 Å². The first-order chi connectivity index (χ1) is 12.9. The normalized spacial score (nSPS) is 21.2. The molecule has 27 heavy (non-hydrogen) atoms. The molecule has 1 aromatic rings. The number of aliphatic carboxylic acids is 1. The molecule has 2 amide bonds. The van der Waals surface area contributed by atoms with Crippen LogP contribution in [0.25, 0.3) is 0 Å². The van der Waals surface area contributed by atoms with E-state index in [-0.39, 0.29) is 17.2 Å². The summed E-state index contributed by atoms with van der Waals surface area (Å²) in [5.74, 6) is -0.357. The molecule has 0 bridgehead atoms. The van der Waals surface area contributed by atoms with E-state index in [1.165, 1.54) is 4.90 Å². The first kappa shape index (κ1) is 19.4. The number of carbonyl (C=O) groups excluding carboxylic acids is 2. The van der Waals surface area contributed by atoms with Crippen molar-refractivity contribution in [1.82, 2.24) is 15.1 Å². The van der Waals surface area contributed by atoms with Crippen molar-refractivity contribution in [1.29, 1.82) is 0 Å². The number of carboxylic acids is 1. The summed E-state index contributed by atoms with van der Waals surface area (Å²) in [5, 5.41) is 12.1. The SMILES string of the molecule is C[C@H](C(=O)O)N1CC2(CCC1=O)CCN(CC(=O)NCc1ccco1)CC2. The molecule has 0 unspecified atom stereocenters. The number of carboxylic acid groups (broad SMARTS) is 1. The second kappa shape index (κ2) is 8.12. The maximum absolute atomic E-state index is 12.1. The summed E-state index contributed by atoms with van der Waals surface area (Å²) < 4.78 is 5.20. The number of hydrogen-bond acceptors (Lipinski definition) is 5. The molecule has 0 radical (unpaired) electrons. The quantitative estimate of drug-likeness (QED) is 0.769. The molecule has 2 fully saturated rings. The Labute approximate surface area is 158 Å². The predicted octanol–water partition coefficient (Wildman–Crippen LogP) is 1.07. The maximum Gasteiger partial charge on any atom is 0.326 e. The fraction of sp³-hybridized carbons (Fsp3) is 0.632. The van der Waals surface area contributed by atoms with Gasteiger partial charge in [0.1, 0.15) is 11.8 Å². The van der Waals surface area contributed by atoms with Gasteiger partial charge in [0.05, 0.1) is 19.4 Å². The summed E-state index contributed by atoms with van der Waals surface area (Å²) in [7, 11) is 0. The number of amides is 2. The molecule has 2 saturated heterocycles. The van der Waals surface area contributed by atoms with Crippen LogP contribution in [0.15, 0.2) is 22.8 Å². The molecule has 0 aromatic carbocycles. The fourth-order valence-corrected chi connectivity index (χ4v) is 3.98. The molecule has 3 rings (SSSR count). The highest BCUT2D eigenvalue weighted by atomic mass is 16.4. The van der Waals surface area contributed by atoms with Gasteiger partial charge in [0, 0.05) is 13.0 Å². The number of nitrogens with zero attached hydrogens (tertiary/aromatic N) is 2. The lowest BCUT2D eigenvalue weighted by atomic mass is 9.72. The van der Waals surface area contributed by atoms with Crippen molar-refractivity contribution in [3.63, 3.8) is 0 Å². The highest BCUT2D eigenvalue weighted by Crippen LogP contribution is 2.40. The Balaban J connectivity index is 1.48. The number of likely N-dealkylation sites (tertiary alicyclic amines) is 2. The molecule has 2 aliphatic rings. The molecule has 8 nitrogen and oxygen atoms in total. The van der Waals surface area contributed by atoms with Crippen molar-refractivity contribution < 1.29 is 23.9 Å². The molecule has 1 aromatic heterocycles. The minimum Gasteiger partial charge on any atom is -0.480 e. The van der Waals surface area contributed by atoms with Crippen LogP contribution in [-0.2, 0) is 20.9 Å². The highest BCUT2D eigenvalue weighted by molar-refractivity contribution is 5.84. The summed E-state index contributed by atoms with van der Waals surface area (Å²) in [6, 6.07) is 2.81. The summed E-state index contributed by atoms with van der Waals surface area (Å²) in [6.45, 7) is 4.34. The zero-order valence-corrected chi connectivity index (χ0v) is 15.6. The lowest BCUT2D eigenvalue weighted by molar-refractivity contribution is -0.155. The lowest BCUT2D eigenvalue weighted by Crippen LogP contribution is -2.55. The van der Waals surface area contributed by atoms with Crippen molar-refractivity contribution in [3.8, 4) is 0 Å². The molecule has 0 aliphatic carbocycles. The Kier molecular flexibility index (Phi) is 5.84. The summed E-state index contributed by atoms with van der Waals surface area (Å²) >= 11 is 0. The third-order valence-electron chi connectivity index (χ3n) is 5.84. The Morgan fingerprint density at radius 2 is 2.07 bits per heavy atom. The van der Waals surface area contributed by atoms with Crippen LogP contribution in [-0.4, -0.2) is 64.9 Å². The Bertz CT molecular complexity index is 680. The molecule has 3 heterocycles. The third-order valence-corrected chi connectivity index (χ3v) is 5.84. The second-order valence-corrected chi connectivity index (χ2v) is 7.67. The van der Waals surface area contributed by atoms with E-state index in [9.17, 15) is 19.5 Å². The second-order valence-electron chi connectivity index (χ2n) is 7.67. The van der Waals surface area contributed by atoms with E-state index in [2.05, 4.69) is 10.2 Å². The molecule has 2 aliphatic heterocycles. The molecule has 8 heteroatoms. The molecular formula is C19H27N3O5. The highest BCUT2D eigenvalue weighted by Gasteiger charge is 2.43. The van der Waals surface area contributed by atoms with E-state index >= 15 is 0 Å². The number of nitrogens with one attached hydrogen (secondary N) is 1. The van der Waals surface area contributed by atoms with Crippen molar-refractivity contribution >= 4 is 17.8 Å². The van der Waals surface area contributed by atoms with Crippen LogP contribution in [0.1, 0.15) is 38.4 Å². The van der Waals surface area contributed by atoms with Crippen molar-refractivity contribution in [2.45, 2.75) is 45.2 Å². The van der Waals surface area contributed by atoms with Crippen molar-refractivity contribution in [2.75, 3.05) is 26.2 Å². The zero-order valence-electron chi connectivity index (χ0n) is 15.6. The first-order valence-corrected chi connectivity index (χ1v) is 9.42. The standard InChI is InChI=1S/C19H27N3O5/c1-14(18(25)26)22-13-19(5-4-17(22)24)6-8-21(9-7-19)12-16(23)20-11-15-3-2-10-27-15/h2-3,10,14H,4-9,11-13H2,1H3,(H,20,23)(H,25,26)/t14-/m1/s1. The van der Waals surface area contributed by atoms with E-state index in [0.717, 1.165) is 38.1 Å². The van der Waals surface area contributed by atoms with Crippen LogP contribution in [0.2, 0.25) is 0 Å². The van der Waals surface area contributed by atoms with Gasteiger partial charge in [0.15, 0.2) is 0 Å². The van der Waals surface area contributed by atoms with Gasteiger partial charge in [-0.1, -0.05) is 0 Å². The van der Waals surface area contributed by atoms with E-state index in [0.29, 0.717) is 26.1 Å². The van der Waals surface area contributed by atoms with Gasteiger partial charge in [-0.05, 0) is 56.8 Å². The lowest BCUT2D eigenvalue weighted by Gasteiger charge is -2.48. The van der Waals surface area contributed by atoms with E-state index in [4.69, 9.17) is 4.42 Å². The summed E-state index contributed by atoms with van der Waals surface area (Å²) in [4.78, 5) is 39.2. The minimum absolute atomic E-state index is 0.0290. The van der Waals surface area contributed by atoms with Gasteiger partial charge in [-0.25, -0.2) is 4.79 Å². The van der Waals surface area contributed by atoms with Crippen molar-refractivity contribution in [2.24, 2.45) is 5.41 Å². The van der Waals surface area contributed by atoms with Gasteiger partial charge >= 0.3 is 5.97 Å². The molecule has 0 saturated carbocycles. The number of rotatable bonds is 6. The largest absolute Gasteiger partial charge is 0.480 e. The smallest absolute Gasteiger partial charge is 0.326 e. The van der Waals surface area contributed by atoms with Crippen LogP contribution in [0, 0.1) is 5.41 Å².